The van der Waals surface area contributed by atoms with Crippen LogP contribution in [0.3, 0.4) is 0 Å². The van der Waals surface area contributed by atoms with Gasteiger partial charge in [-0.2, -0.15) is 0 Å². The molecule has 0 atom stereocenters. The van der Waals surface area contributed by atoms with E-state index in [4.69, 9.17) is 4.74 Å². The van der Waals surface area contributed by atoms with E-state index in [0.29, 0.717) is 6.54 Å². The number of nitrogens with zero attached hydrogens (tertiary/aromatic N) is 2. The summed E-state index contributed by atoms with van der Waals surface area (Å²) in [6.45, 7) is 4.71. The highest BCUT2D eigenvalue weighted by Crippen LogP contribution is 2.19. The second kappa shape index (κ2) is 8.51. The lowest BCUT2D eigenvalue weighted by molar-refractivity contribution is -0.123. The number of amides is 1. The van der Waals surface area contributed by atoms with Crippen LogP contribution in [0.5, 0.6) is 5.75 Å². The molecule has 1 N–H and O–H groups in total. The fourth-order valence-electron chi connectivity index (χ4n) is 3.02. The summed E-state index contributed by atoms with van der Waals surface area (Å²) in [5.41, 5.74) is 2.17. The minimum atomic E-state index is -0.120. The van der Waals surface area contributed by atoms with Crippen LogP contribution in [0.2, 0.25) is 0 Å². The van der Waals surface area contributed by atoms with Gasteiger partial charge in [-0.3, -0.25) is 4.79 Å². The molecule has 1 amide bonds. The van der Waals surface area contributed by atoms with Gasteiger partial charge >= 0.3 is 0 Å². The van der Waals surface area contributed by atoms with Gasteiger partial charge in [-0.1, -0.05) is 25.1 Å². The van der Waals surface area contributed by atoms with Crippen LogP contribution in [0.25, 0.3) is 0 Å². The first kappa shape index (κ1) is 17.3. The second-order valence-corrected chi connectivity index (χ2v) is 6.24. The molecular formula is C20H25N3O2. The molecule has 1 aromatic heterocycles. The summed E-state index contributed by atoms with van der Waals surface area (Å²) >= 11 is 0. The average Bonchev–Trinajstić information content (AvgIpc) is 3.20. The van der Waals surface area contributed by atoms with Crippen molar-refractivity contribution in [1.82, 2.24) is 10.3 Å². The van der Waals surface area contributed by atoms with Gasteiger partial charge in [-0.05, 0) is 48.6 Å². The molecule has 0 spiro atoms. The maximum absolute atomic E-state index is 12.1. The summed E-state index contributed by atoms with van der Waals surface area (Å²) in [6.07, 6.45) is 5.13. The number of carbonyl (C=O) groups is 1. The van der Waals surface area contributed by atoms with Gasteiger partial charge in [0.2, 0.25) is 0 Å². The number of pyridine rings is 1. The molecule has 0 saturated carbocycles. The molecule has 0 radical (unpaired) electrons. The molecule has 2 heterocycles. The van der Waals surface area contributed by atoms with Crippen molar-refractivity contribution in [3.05, 3.63) is 53.7 Å². The summed E-state index contributed by atoms with van der Waals surface area (Å²) in [4.78, 5) is 18.8. The fourth-order valence-corrected chi connectivity index (χ4v) is 3.02. The van der Waals surface area contributed by atoms with Gasteiger partial charge in [0.15, 0.2) is 6.61 Å². The van der Waals surface area contributed by atoms with Crippen molar-refractivity contribution in [1.29, 1.82) is 0 Å². The van der Waals surface area contributed by atoms with Crippen LogP contribution < -0.4 is 15.0 Å². The number of carbonyl (C=O) groups excluding carboxylic acids is 1. The van der Waals surface area contributed by atoms with E-state index in [9.17, 15) is 4.79 Å². The summed E-state index contributed by atoms with van der Waals surface area (Å²) in [5.74, 6) is 1.66. The lowest BCUT2D eigenvalue weighted by atomic mass is 10.1. The van der Waals surface area contributed by atoms with Crippen LogP contribution in [-0.4, -0.2) is 30.6 Å². The number of para-hydroxylation sites is 1. The Morgan fingerprint density at radius 3 is 2.84 bits per heavy atom. The topological polar surface area (TPSA) is 54.5 Å². The molecule has 1 aliphatic rings. The highest BCUT2D eigenvalue weighted by atomic mass is 16.5. The smallest absolute Gasteiger partial charge is 0.258 e. The maximum Gasteiger partial charge on any atom is 0.258 e. The van der Waals surface area contributed by atoms with E-state index in [1.54, 1.807) is 0 Å². The van der Waals surface area contributed by atoms with E-state index in [0.717, 1.165) is 42.2 Å². The Morgan fingerprint density at radius 1 is 1.24 bits per heavy atom. The van der Waals surface area contributed by atoms with Crippen LogP contribution in [0.1, 0.15) is 30.9 Å². The normalized spacial score (nSPS) is 13.7. The molecule has 3 rings (SSSR count). The monoisotopic (exact) mass is 339 g/mol. The Morgan fingerprint density at radius 2 is 2.04 bits per heavy atom. The van der Waals surface area contributed by atoms with Crippen LogP contribution in [0.4, 0.5) is 5.82 Å². The van der Waals surface area contributed by atoms with Gasteiger partial charge in [-0.15, -0.1) is 0 Å². The van der Waals surface area contributed by atoms with Crippen molar-refractivity contribution in [2.24, 2.45) is 0 Å². The molecule has 1 aromatic carbocycles. The quantitative estimate of drug-likeness (QED) is 0.843. The highest BCUT2D eigenvalue weighted by molar-refractivity contribution is 5.77. The minimum absolute atomic E-state index is 0.0288. The van der Waals surface area contributed by atoms with E-state index < -0.39 is 0 Å². The molecular weight excluding hydrogens is 314 g/mol. The number of ether oxygens (including phenoxy) is 1. The Hall–Kier alpha value is -2.56. The predicted molar refractivity (Wildman–Crippen MR) is 98.8 cm³/mol. The van der Waals surface area contributed by atoms with Gasteiger partial charge in [-0.25, -0.2) is 4.98 Å². The number of nitrogens with one attached hydrogen (secondary N) is 1. The zero-order valence-electron chi connectivity index (χ0n) is 14.7. The Labute approximate surface area is 149 Å². The Bertz CT molecular complexity index is 712. The van der Waals surface area contributed by atoms with Crippen LogP contribution in [-0.2, 0) is 17.8 Å². The van der Waals surface area contributed by atoms with Gasteiger partial charge in [0.25, 0.3) is 5.91 Å². The lowest BCUT2D eigenvalue weighted by Crippen LogP contribution is -2.28. The third-order valence-electron chi connectivity index (χ3n) is 4.44. The molecule has 0 bridgehead atoms. The molecule has 2 aromatic rings. The summed E-state index contributed by atoms with van der Waals surface area (Å²) < 4.78 is 5.65. The van der Waals surface area contributed by atoms with Gasteiger partial charge in [0.05, 0.1) is 0 Å². The van der Waals surface area contributed by atoms with E-state index in [-0.39, 0.29) is 12.5 Å². The molecule has 1 saturated heterocycles. The van der Waals surface area contributed by atoms with E-state index in [2.05, 4.69) is 28.2 Å². The zero-order valence-corrected chi connectivity index (χ0v) is 14.7. The van der Waals surface area contributed by atoms with Crippen molar-refractivity contribution in [2.45, 2.75) is 32.7 Å². The van der Waals surface area contributed by atoms with Crippen molar-refractivity contribution in [3.63, 3.8) is 0 Å². The van der Waals surface area contributed by atoms with Crippen molar-refractivity contribution in [3.8, 4) is 5.75 Å². The molecule has 25 heavy (non-hydrogen) atoms. The molecule has 5 nitrogen and oxygen atoms in total. The largest absolute Gasteiger partial charge is 0.483 e. The van der Waals surface area contributed by atoms with Gasteiger partial charge in [0.1, 0.15) is 11.6 Å². The number of anilines is 1. The first-order chi connectivity index (χ1) is 12.3. The van der Waals surface area contributed by atoms with Crippen LogP contribution in [0, 0.1) is 0 Å². The highest BCUT2D eigenvalue weighted by Gasteiger charge is 2.13. The number of aromatic nitrogens is 1. The van der Waals surface area contributed by atoms with E-state index >= 15 is 0 Å². The molecule has 0 unspecified atom stereocenters. The van der Waals surface area contributed by atoms with Crippen LogP contribution >= 0.6 is 0 Å². The first-order valence-corrected chi connectivity index (χ1v) is 8.93. The van der Waals surface area contributed by atoms with Crippen molar-refractivity contribution < 1.29 is 9.53 Å². The Balaban J connectivity index is 1.49. The number of hydrogen-bond donors (Lipinski definition) is 1. The molecule has 132 valence electrons. The van der Waals surface area contributed by atoms with E-state index in [1.165, 1.54) is 12.8 Å². The zero-order chi connectivity index (χ0) is 17.5. The SMILES string of the molecule is CCc1ccccc1OCC(=O)NCc1ccnc(N2CCCC2)c1. The Kier molecular flexibility index (Phi) is 5.88. The number of aryl methyl sites for hydroxylation is 1. The third kappa shape index (κ3) is 4.72. The predicted octanol–water partition coefficient (Wildman–Crippen LogP) is 2.94. The average molecular weight is 339 g/mol. The molecule has 1 aliphatic heterocycles. The van der Waals surface area contributed by atoms with Gasteiger partial charge < -0.3 is 15.0 Å². The third-order valence-corrected chi connectivity index (χ3v) is 4.44. The number of rotatable bonds is 7. The minimum Gasteiger partial charge on any atom is -0.483 e. The summed E-state index contributed by atoms with van der Waals surface area (Å²) in [6, 6.07) is 11.8. The number of benzene rings is 1. The summed E-state index contributed by atoms with van der Waals surface area (Å²) in [5, 5.41) is 2.91. The van der Waals surface area contributed by atoms with Gasteiger partial charge in [0, 0.05) is 25.8 Å². The molecule has 0 aliphatic carbocycles. The van der Waals surface area contributed by atoms with Crippen LogP contribution in [0.15, 0.2) is 42.6 Å². The molecule has 1 fully saturated rings. The molecule has 5 heteroatoms. The second-order valence-electron chi connectivity index (χ2n) is 6.24. The van der Waals surface area contributed by atoms with Crippen molar-refractivity contribution in [2.75, 3.05) is 24.6 Å². The standard InChI is InChI=1S/C20H25N3O2/c1-2-17-7-3-4-8-18(17)25-15-20(24)22-14-16-9-10-21-19(13-16)23-11-5-6-12-23/h3-4,7-10,13H,2,5-6,11-12,14-15H2,1H3,(H,22,24). The van der Waals surface area contributed by atoms with Crippen molar-refractivity contribution >= 4 is 11.7 Å². The van der Waals surface area contributed by atoms with E-state index in [1.807, 2.05) is 36.5 Å². The number of hydrogen-bond acceptors (Lipinski definition) is 4. The maximum atomic E-state index is 12.1. The fraction of sp³-hybridized carbons (Fsp3) is 0.400. The first-order valence-electron chi connectivity index (χ1n) is 8.93. The summed E-state index contributed by atoms with van der Waals surface area (Å²) in [7, 11) is 0. The lowest BCUT2D eigenvalue weighted by Gasteiger charge is -2.17.